The highest BCUT2D eigenvalue weighted by atomic mass is 16.2. The van der Waals surface area contributed by atoms with E-state index in [0.29, 0.717) is 17.6 Å². The molecule has 1 fully saturated rings. The van der Waals surface area contributed by atoms with Crippen LogP contribution in [0.25, 0.3) is 10.9 Å². The number of nitrogens with zero attached hydrogens (tertiary/aromatic N) is 2. The number of aromatic nitrogens is 3. The Labute approximate surface area is 129 Å². The summed E-state index contributed by atoms with van der Waals surface area (Å²) in [5.41, 5.74) is 6.45. The number of hydrogen-bond acceptors (Lipinski definition) is 4. The number of H-pyrrole nitrogens is 1. The second-order valence-corrected chi connectivity index (χ2v) is 6.01. The zero-order valence-corrected chi connectivity index (χ0v) is 12.7. The Morgan fingerprint density at radius 3 is 2.95 bits per heavy atom. The van der Waals surface area contributed by atoms with Crippen molar-refractivity contribution in [3.63, 3.8) is 0 Å². The van der Waals surface area contributed by atoms with E-state index in [2.05, 4.69) is 32.7 Å². The van der Waals surface area contributed by atoms with E-state index in [1.54, 1.807) is 12.3 Å². The molecule has 2 aromatic rings. The molecule has 7 heteroatoms. The minimum absolute atomic E-state index is 0.173. The second-order valence-electron chi connectivity index (χ2n) is 6.01. The van der Waals surface area contributed by atoms with Crippen molar-refractivity contribution in [2.24, 2.45) is 5.92 Å². The van der Waals surface area contributed by atoms with Crippen LogP contribution in [0.15, 0.2) is 12.3 Å². The van der Waals surface area contributed by atoms with Gasteiger partial charge >= 0.3 is 6.03 Å². The van der Waals surface area contributed by atoms with E-state index in [0.717, 1.165) is 10.9 Å². The van der Waals surface area contributed by atoms with Gasteiger partial charge in [0.15, 0.2) is 5.82 Å². The molecule has 2 heterocycles. The molecule has 0 spiro atoms. The minimum atomic E-state index is -0.225. The summed E-state index contributed by atoms with van der Waals surface area (Å²) in [6, 6.07) is 1.67. The van der Waals surface area contributed by atoms with Gasteiger partial charge in [-0.2, -0.15) is 5.10 Å². The quantitative estimate of drug-likeness (QED) is 0.698. The van der Waals surface area contributed by atoms with Crippen molar-refractivity contribution in [1.82, 2.24) is 20.5 Å². The van der Waals surface area contributed by atoms with Crippen LogP contribution >= 0.6 is 0 Å². The molecule has 0 aromatic carbocycles. The van der Waals surface area contributed by atoms with Crippen LogP contribution in [0.4, 0.5) is 16.4 Å². The van der Waals surface area contributed by atoms with Crippen molar-refractivity contribution >= 4 is 28.6 Å². The SMILES string of the molecule is CC(NC(=O)Nc1cc2[nH]nc(N)c2cn1)C1CCCCC1. The maximum Gasteiger partial charge on any atom is 0.320 e. The predicted molar refractivity (Wildman–Crippen MR) is 86.5 cm³/mol. The molecule has 3 rings (SSSR count). The van der Waals surface area contributed by atoms with Crippen LogP contribution < -0.4 is 16.4 Å². The molecule has 0 saturated heterocycles. The molecule has 2 amide bonds. The number of nitrogens with two attached hydrogens (primary N) is 1. The first kappa shape index (κ1) is 14.6. The largest absolute Gasteiger partial charge is 0.382 e. The smallest absolute Gasteiger partial charge is 0.320 e. The Kier molecular flexibility index (Phi) is 4.13. The molecule has 5 N–H and O–H groups in total. The fourth-order valence-electron chi connectivity index (χ4n) is 3.11. The zero-order chi connectivity index (χ0) is 15.5. The van der Waals surface area contributed by atoms with Crippen LogP contribution in [0.1, 0.15) is 39.0 Å². The fraction of sp³-hybridized carbons (Fsp3) is 0.533. The van der Waals surface area contributed by atoms with E-state index in [9.17, 15) is 4.79 Å². The third kappa shape index (κ3) is 3.13. The van der Waals surface area contributed by atoms with Crippen molar-refractivity contribution in [1.29, 1.82) is 0 Å². The summed E-state index contributed by atoms with van der Waals surface area (Å²) in [6.07, 6.45) is 7.83. The van der Waals surface area contributed by atoms with Crippen molar-refractivity contribution in [3.8, 4) is 0 Å². The van der Waals surface area contributed by atoms with E-state index < -0.39 is 0 Å². The first-order valence-corrected chi connectivity index (χ1v) is 7.80. The molecule has 0 radical (unpaired) electrons. The number of carbonyl (C=O) groups excluding carboxylic acids is 1. The van der Waals surface area contributed by atoms with E-state index in [-0.39, 0.29) is 12.1 Å². The lowest BCUT2D eigenvalue weighted by Gasteiger charge is -2.28. The number of fused-ring (bicyclic) bond motifs is 1. The van der Waals surface area contributed by atoms with Crippen molar-refractivity contribution in [2.45, 2.75) is 45.1 Å². The van der Waals surface area contributed by atoms with Gasteiger partial charge in [0.05, 0.1) is 10.9 Å². The molecule has 1 unspecified atom stereocenters. The highest BCUT2D eigenvalue weighted by molar-refractivity contribution is 5.93. The number of pyridine rings is 1. The Hall–Kier alpha value is -2.31. The topological polar surface area (TPSA) is 109 Å². The highest BCUT2D eigenvalue weighted by Crippen LogP contribution is 2.26. The number of nitrogens with one attached hydrogen (secondary N) is 3. The lowest BCUT2D eigenvalue weighted by atomic mass is 9.85. The van der Waals surface area contributed by atoms with Crippen molar-refractivity contribution in [2.75, 3.05) is 11.1 Å². The first-order valence-electron chi connectivity index (χ1n) is 7.80. The highest BCUT2D eigenvalue weighted by Gasteiger charge is 2.21. The van der Waals surface area contributed by atoms with E-state index in [1.807, 2.05) is 0 Å². The van der Waals surface area contributed by atoms with Crippen LogP contribution in [0.3, 0.4) is 0 Å². The Morgan fingerprint density at radius 1 is 1.41 bits per heavy atom. The van der Waals surface area contributed by atoms with Crippen LogP contribution in [0, 0.1) is 5.92 Å². The summed E-state index contributed by atoms with van der Waals surface area (Å²) in [4.78, 5) is 16.3. The third-order valence-electron chi connectivity index (χ3n) is 4.43. The first-order chi connectivity index (χ1) is 10.6. The van der Waals surface area contributed by atoms with E-state index in [4.69, 9.17) is 5.73 Å². The van der Waals surface area contributed by atoms with Crippen molar-refractivity contribution < 1.29 is 4.79 Å². The third-order valence-corrected chi connectivity index (χ3v) is 4.43. The summed E-state index contributed by atoms with van der Waals surface area (Å²) < 4.78 is 0. The molecule has 1 aliphatic rings. The number of aromatic amines is 1. The molecule has 0 aliphatic heterocycles. The molecule has 2 aromatic heterocycles. The molecular weight excluding hydrogens is 280 g/mol. The standard InChI is InChI=1S/C15H22N6O/c1-9(10-5-3-2-4-6-10)18-15(22)19-13-7-12-11(8-17-13)14(16)21-20-12/h7-10H,2-6H2,1H3,(H3,16,20,21)(H2,17,18,19,22). The minimum Gasteiger partial charge on any atom is -0.382 e. The van der Waals surface area contributed by atoms with Gasteiger partial charge in [-0.25, -0.2) is 9.78 Å². The van der Waals surface area contributed by atoms with Crippen LogP contribution in [-0.4, -0.2) is 27.3 Å². The number of hydrogen-bond donors (Lipinski definition) is 4. The van der Waals surface area contributed by atoms with Crippen LogP contribution in [0.2, 0.25) is 0 Å². The summed E-state index contributed by atoms with van der Waals surface area (Å²) >= 11 is 0. The van der Waals surface area contributed by atoms with Gasteiger partial charge in [0, 0.05) is 18.3 Å². The Bertz CT molecular complexity index is 661. The normalized spacial score (nSPS) is 17.3. The zero-order valence-electron chi connectivity index (χ0n) is 12.7. The number of anilines is 2. The van der Waals surface area contributed by atoms with Crippen LogP contribution in [0.5, 0.6) is 0 Å². The van der Waals surface area contributed by atoms with Gasteiger partial charge in [0.25, 0.3) is 0 Å². The summed E-state index contributed by atoms with van der Waals surface area (Å²) in [7, 11) is 0. The molecule has 7 nitrogen and oxygen atoms in total. The number of carbonyl (C=O) groups is 1. The molecular formula is C15H22N6O. The molecule has 0 bridgehead atoms. The second kappa shape index (κ2) is 6.21. The number of urea groups is 1. The van der Waals surface area contributed by atoms with Gasteiger partial charge < -0.3 is 11.1 Å². The number of amides is 2. The number of rotatable bonds is 3. The Morgan fingerprint density at radius 2 is 2.18 bits per heavy atom. The van der Waals surface area contributed by atoms with Gasteiger partial charge in [-0.3, -0.25) is 10.4 Å². The molecule has 1 saturated carbocycles. The number of nitrogen functional groups attached to an aromatic ring is 1. The molecule has 22 heavy (non-hydrogen) atoms. The maximum atomic E-state index is 12.1. The molecule has 1 aliphatic carbocycles. The van der Waals surface area contributed by atoms with Gasteiger partial charge in [-0.15, -0.1) is 0 Å². The van der Waals surface area contributed by atoms with Gasteiger partial charge in [-0.1, -0.05) is 19.3 Å². The lowest BCUT2D eigenvalue weighted by molar-refractivity contribution is 0.235. The predicted octanol–water partition coefficient (Wildman–Crippen LogP) is 2.63. The average molecular weight is 302 g/mol. The fourth-order valence-corrected chi connectivity index (χ4v) is 3.11. The van der Waals surface area contributed by atoms with Gasteiger partial charge in [0.1, 0.15) is 5.82 Å². The molecule has 118 valence electrons. The monoisotopic (exact) mass is 302 g/mol. The average Bonchev–Trinajstić information content (AvgIpc) is 2.89. The summed E-state index contributed by atoms with van der Waals surface area (Å²) in [6.45, 7) is 2.07. The van der Waals surface area contributed by atoms with Crippen molar-refractivity contribution in [3.05, 3.63) is 12.3 Å². The Balaban J connectivity index is 1.60. The summed E-state index contributed by atoms with van der Waals surface area (Å²) in [5.74, 6) is 1.45. The maximum absolute atomic E-state index is 12.1. The van der Waals surface area contributed by atoms with Crippen LogP contribution in [-0.2, 0) is 0 Å². The van der Waals surface area contributed by atoms with Gasteiger partial charge in [0.2, 0.25) is 0 Å². The van der Waals surface area contributed by atoms with E-state index in [1.165, 1.54) is 32.1 Å². The summed E-state index contributed by atoms with van der Waals surface area (Å²) in [5, 5.41) is 13.2. The van der Waals surface area contributed by atoms with Gasteiger partial charge in [-0.05, 0) is 25.7 Å². The molecule has 1 atom stereocenters. The van der Waals surface area contributed by atoms with E-state index >= 15 is 0 Å². The lowest BCUT2D eigenvalue weighted by Crippen LogP contribution is -2.41.